The lowest BCUT2D eigenvalue weighted by atomic mass is 10.4. The summed E-state index contributed by atoms with van der Waals surface area (Å²) in [5.41, 5.74) is 0.0219. The molecule has 0 aromatic carbocycles. The minimum Gasteiger partial charge on any atom is -0.458 e. The van der Waals surface area contributed by atoms with Crippen molar-refractivity contribution in [1.82, 2.24) is 10.2 Å². The Bertz CT molecular complexity index is 280. The molecular formula is C7H9N2O3. The Morgan fingerprint density at radius 2 is 2.33 bits per heavy atom. The van der Waals surface area contributed by atoms with E-state index in [9.17, 15) is 9.90 Å². The first-order valence-corrected chi connectivity index (χ1v) is 3.53. The number of rotatable bonds is 2. The Kier molecular flexibility index (Phi) is 2.32. The SMILES string of the molecule is CC(C)OC(=O)c1cc([O])[nH]n1. The third-order valence-electron chi connectivity index (χ3n) is 1.11. The van der Waals surface area contributed by atoms with Crippen molar-refractivity contribution in [3.05, 3.63) is 11.8 Å². The number of carbonyl (C=O) groups excluding carboxylic acids is 1. The molecule has 0 fully saturated rings. The fraction of sp³-hybridized carbons (Fsp3) is 0.429. The van der Waals surface area contributed by atoms with E-state index in [1.807, 2.05) is 0 Å². The highest BCUT2D eigenvalue weighted by Gasteiger charge is 2.13. The van der Waals surface area contributed by atoms with Gasteiger partial charge in [0.25, 0.3) is 5.88 Å². The lowest BCUT2D eigenvalue weighted by Gasteiger charge is -2.04. The van der Waals surface area contributed by atoms with E-state index < -0.39 is 11.8 Å². The number of H-pyrrole nitrogens is 1. The summed E-state index contributed by atoms with van der Waals surface area (Å²) in [6, 6.07) is 1.10. The number of carbonyl (C=O) groups is 1. The van der Waals surface area contributed by atoms with Gasteiger partial charge in [0.05, 0.1) is 6.10 Å². The van der Waals surface area contributed by atoms with E-state index in [4.69, 9.17) is 4.74 Å². The van der Waals surface area contributed by atoms with Crippen LogP contribution in [0.5, 0.6) is 5.88 Å². The molecule has 1 radical (unpaired) electrons. The molecule has 1 rings (SSSR count). The van der Waals surface area contributed by atoms with Crippen LogP contribution in [-0.2, 0) is 9.84 Å². The molecule has 0 atom stereocenters. The highest BCUT2D eigenvalue weighted by Crippen LogP contribution is 2.07. The van der Waals surface area contributed by atoms with Crippen LogP contribution in [0, 0.1) is 0 Å². The second-order valence-corrected chi connectivity index (χ2v) is 2.57. The number of aromatic amines is 1. The lowest BCUT2D eigenvalue weighted by Crippen LogP contribution is -2.11. The molecule has 0 amide bonds. The number of esters is 1. The fourth-order valence-electron chi connectivity index (χ4n) is 0.683. The summed E-state index contributed by atoms with van der Waals surface area (Å²) in [6.45, 7) is 3.45. The molecule has 5 nitrogen and oxygen atoms in total. The van der Waals surface area contributed by atoms with Crippen molar-refractivity contribution in [1.29, 1.82) is 0 Å². The van der Waals surface area contributed by atoms with Crippen LogP contribution in [0.3, 0.4) is 0 Å². The third-order valence-corrected chi connectivity index (χ3v) is 1.11. The maximum absolute atomic E-state index is 11.0. The molecule has 0 bridgehead atoms. The van der Waals surface area contributed by atoms with Gasteiger partial charge in [-0.15, -0.1) is 0 Å². The molecule has 0 saturated heterocycles. The van der Waals surface area contributed by atoms with Crippen LogP contribution >= 0.6 is 0 Å². The predicted molar refractivity (Wildman–Crippen MR) is 39.3 cm³/mol. The van der Waals surface area contributed by atoms with Gasteiger partial charge in [-0.1, -0.05) is 0 Å². The highest BCUT2D eigenvalue weighted by molar-refractivity contribution is 5.87. The van der Waals surface area contributed by atoms with Crippen molar-refractivity contribution in [3.8, 4) is 5.88 Å². The molecular weight excluding hydrogens is 160 g/mol. The van der Waals surface area contributed by atoms with E-state index in [0.29, 0.717) is 0 Å². The van der Waals surface area contributed by atoms with E-state index in [2.05, 4.69) is 10.2 Å². The fourth-order valence-corrected chi connectivity index (χ4v) is 0.683. The number of hydrogen-bond donors (Lipinski definition) is 1. The molecule has 0 aliphatic carbocycles. The normalized spacial score (nSPS) is 10.2. The number of ether oxygens (including phenoxy) is 1. The molecule has 65 valence electrons. The summed E-state index contributed by atoms with van der Waals surface area (Å²) < 4.78 is 4.79. The van der Waals surface area contributed by atoms with Gasteiger partial charge < -0.3 is 4.74 Å². The van der Waals surface area contributed by atoms with E-state index >= 15 is 0 Å². The van der Waals surface area contributed by atoms with Gasteiger partial charge in [0.1, 0.15) is 0 Å². The summed E-state index contributed by atoms with van der Waals surface area (Å²) in [6.07, 6.45) is -0.204. The Hall–Kier alpha value is -1.52. The maximum Gasteiger partial charge on any atom is 0.359 e. The molecule has 1 heterocycles. The van der Waals surface area contributed by atoms with Gasteiger partial charge in [0.2, 0.25) is 0 Å². The van der Waals surface area contributed by atoms with E-state index in [1.54, 1.807) is 13.8 Å². The first kappa shape index (κ1) is 8.58. The molecule has 5 heteroatoms. The third kappa shape index (κ3) is 1.98. The average Bonchev–Trinajstić information content (AvgIpc) is 2.34. The van der Waals surface area contributed by atoms with Gasteiger partial charge in [-0.25, -0.2) is 9.89 Å². The smallest absolute Gasteiger partial charge is 0.359 e. The summed E-state index contributed by atoms with van der Waals surface area (Å²) in [5.74, 6) is -0.978. The van der Waals surface area contributed by atoms with Gasteiger partial charge >= 0.3 is 5.97 Å². The van der Waals surface area contributed by atoms with Crippen LogP contribution in [0.4, 0.5) is 0 Å². The van der Waals surface area contributed by atoms with Crippen LogP contribution in [0.2, 0.25) is 0 Å². The lowest BCUT2D eigenvalue weighted by molar-refractivity contribution is 0.0370. The topological polar surface area (TPSA) is 74.9 Å². The van der Waals surface area contributed by atoms with Crippen LogP contribution in [0.15, 0.2) is 6.07 Å². The minimum atomic E-state index is -0.580. The van der Waals surface area contributed by atoms with Crippen LogP contribution in [-0.4, -0.2) is 22.3 Å². The molecule has 12 heavy (non-hydrogen) atoms. The minimum absolute atomic E-state index is 0.0219. The van der Waals surface area contributed by atoms with Crippen molar-refractivity contribution >= 4 is 5.97 Å². The van der Waals surface area contributed by atoms with Crippen LogP contribution < -0.4 is 0 Å². The van der Waals surface area contributed by atoms with Crippen LogP contribution in [0.25, 0.3) is 0 Å². The number of nitrogens with zero attached hydrogens (tertiary/aromatic N) is 1. The molecule has 1 N–H and O–H groups in total. The van der Waals surface area contributed by atoms with Crippen molar-refractivity contribution in [2.45, 2.75) is 20.0 Å². The van der Waals surface area contributed by atoms with Crippen LogP contribution in [0.1, 0.15) is 24.3 Å². The number of aromatic nitrogens is 2. The van der Waals surface area contributed by atoms with E-state index in [-0.39, 0.29) is 11.8 Å². The Labute approximate surface area is 69.4 Å². The summed E-state index contributed by atoms with van der Waals surface area (Å²) >= 11 is 0. The molecule has 0 unspecified atom stereocenters. The molecule has 0 saturated carbocycles. The van der Waals surface area contributed by atoms with E-state index in [0.717, 1.165) is 6.07 Å². The van der Waals surface area contributed by atoms with Crippen molar-refractivity contribution < 1.29 is 14.6 Å². The number of hydrogen-bond acceptors (Lipinski definition) is 3. The van der Waals surface area contributed by atoms with E-state index in [1.165, 1.54) is 0 Å². The summed E-state index contributed by atoms with van der Waals surface area (Å²) in [7, 11) is 0. The Balaban J connectivity index is 2.65. The second-order valence-electron chi connectivity index (χ2n) is 2.57. The van der Waals surface area contributed by atoms with Gasteiger partial charge in [-0.05, 0) is 13.8 Å². The van der Waals surface area contributed by atoms with Crippen molar-refractivity contribution in [2.24, 2.45) is 0 Å². The van der Waals surface area contributed by atoms with Crippen molar-refractivity contribution in [2.75, 3.05) is 0 Å². The Morgan fingerprint density at radius 3 is 2.75 bits per heavy atom. The monoisotopic (exact) mass is 169 g/mol. The summed E-state index contributed by atoms with van der Waals surface area (Å²) in [5, 5.41) is 16.1. The first-order chi connectivity index (χ1) is 5.59. The maximum atomic E-state index is 11.0. The first-order valence-electron chi connectivity index (χ1n) is 3.53. The number of nitrogens with one attached hydrogen (secondary N) is 1. The quantitative estimate of drug-likeness (QED) is 0.674. The van der Waals surface area contributed by atoms with Gasteiger partial charge in [-0.3, -0.25) is 5.11 Å². The average molecular weight is 169 g/mol. The predicted octanol–water partition coefficient (Wildman–Crippen LogP) is 1.12. The molecule has 0 aliphatic rings. The second kappa shape index (κ2) is 3.25. The summed E-state index contributed by atoms with van der Waals surface area (Å²) in [4.78, 5) is 11.0. The standard InChI is InChI=1S/C7H9N2O3/c1-4(2)12-7(11)5-3-6(10)9-8-5/h3-4H,1-2H3,(H,8,9). The van der Waals surface area contributed by atoms with Crippen molar-refractivity contribution in [3.63, 3.8) is 0 Å². The molecule has 0 aliphatic heterocycles. The highest BCUT2D eigenvalue weighted by atomic mass is 16.5. The molecule has 1 aromatic heterocycles. The largest absolute Gasteiger partial charge is 0.458 e. The van der Waals surface area contributed by atoms with Gasteiger partial charge in [-0.2, -0.15) is 5.10 Å². The zero-order valence-electron chi connectivity index (χ0n) is 6.83. The Morgan fingerprint density at radius 1 is 1.67 bits per heavy atom. The van der Waals surface area contributed by atoms with Gasteiger partial charge in [0.15, 0.2) is 5.69 Å². The zero-order chi connectivity index (χ0) is 9.14. The molecule has 0 spiro atoms. The zero-order valence-corrected chi connectivity index (χ0v) is 6.83. The molecule has 1 aromatic rings. The van der Waals surface area contributed by atoms with Gasteiger partial charge in [0, 0.05) is 6.07 Å².